The summed E-state index contributed by atoms with van der Waals surface area (Å²) in [6, 6.07) is 2.82. The zero-order chi connectivity index (χ0) is 27.7. The molecular weight excluding hydrogens is 509 g/mol. The maximum atomic E-state index is 14.0. The molecular formula is C23H29F9NO3+. The van der Waals surface area contributed by atoms with Gasteiger partial charge in [0.2, 0.25) is 0 Å². The van der Waals surface area contributed by atoms with Crippen LogP contribution in [-0.2, 0) is 11.2 Å². The van der Waals surface area contributed by atoms with Gasteiger partial charge in [-0.05, 0) is 18.9 Å². The Morgan fingerprint density at radius 1 is 0.889 bits per heavy atom. The Morgan fingerprint density at radius 3 is 2.00 bits per heavy atom. The number of phenols is 2. The number of benzene rings is 1. The van der Waals surface area contributed by atoms with Crippen LogP contribution in [0.25, 0.3) is 0 Å². The number of nitrogens with zero attached hydrogens (tertiary/aromatic N) is 1. The lowest BCUT2D eigenvalue weighted by atomic mass is 9.86. The predicted molar refractivity (Wildman–Crippen MR) is 114 cm³/mol. The van der Waals surface area contributed by atoms with Crippen molar-refractivity contribution in [2.45, 2.75) is 75.3 Å². The van der Waals surface area contributed by atoms with Crippen LogP contribution >= 0.6 is 0 Å². The first kappa shape index (κ1) is 30.0. The van der Waals surface area contributed by atoms with Gasteiger partial charge in [-0.1, -0.05) is 0 Å². The fourth-order valence-corrected chi connectivity index (χ4v) is 4.82. The molecule has 1 atom stereocenters. The number of carbonyl (C=O) groups is 1. The monoisotopic (exact) mass is 538 g/mol. The second-order valence-electron chi connectivity index (χ2n) is 10.2. The summed E-state index contributed by atoms with van der Waals surface area (Å²) < 4.78 is 118. The van der Waals surface area contributed by atoms with E-state index < -0.39 is 61.8 Å². The highest BCUT2D eigenvalue weighted by molar-refractivity contribution is 5.79. The smallest absolute Gasteiger partial charge is 0.394 e. The standard InChI is InChI=1S/C23H28F9NO3/c1-33(2)10-14(6-15-8-18(35)19(36)9-17(15)33)7-16(34)4-3-5-20(24,25)11-21(26,27)12-22(28,29)13-23(30,31)32/h8-9,14H,3-7,10-13H2,1-2H3,(H-,35,36)/p+1. The summed E-state index contributed by atoms with van der Waals surface area (Å²) in [6.07, 6.45) is -15.0. The largest absolute Gasteiger partial charge is 0.504 e. The maximum absolute atomic E-state index is 14.0. The van der Waals surface area contributed by atoms with Crippen molar-refractivity contribution < 1.29 is 54.5 Å². The summed E-state index contributed by atoms with van der Waals surface area (Å²) >= 11 is 0. The zero-order valence-electron chi connectivity index (χ0n) is 19.7. The lowest BCUT2D eigenvalue weighted by molar-refractivity contribution is -0.213. The second kappa shape index (κ2) is 10.3. The Kier molecular flexibility index (Phi) is 8.59. The van der Waals surface area contributed by atoms with Crippen LogP contribution in [0.2, 0.25) is 0 Å². The van der Waals surface area contributed by atoms with E-state index in [-0.39, 0.29) is 34.7 Å². The van der Waals surface area contributed by atoms with Gasteiger partial charge in [0, 0.05) is 36.8 Å². The number of Topliss-reactive ketones (excluding diaryl/α,β-unsaturated/α-hetero) is 1. The van der Waals surface area contributed by atoms with Gasteiger partial charge in [-0.2, -0.15) is 13.2 Å². The Bertz CT molecular complexity index is 945. The van der Waals surface area contributed by atoms with Crippen molar-refractivity contribution in [3.05, 3.63) is 17.7 Å². The van der Waals surface area contributed by atoms with Gasteiger partial charge in [-0.25, -0.2) is 26.3 Å². The lowest BCUT2D eigenvalue weighted by Crippen LogP contribution is -2.48. The molecule has 0 bridgehead atoms. The van der Waals surface area contributed by atoms with Crippen LogP contribution in [0.1, 0.15) is 50.5 Å². The van der Waals surface area contributed by atoms with Gasteiger partial charge < -0.3 is 10.2 Å². The van der Waals surface area contributed by atoms with Crippen LogP contribution in [0.3, 0.4) is 0 Å². The molecule has 2 N–H and O–H groups in total. The van der Waals surface area contributed by atoms with E-state index in [2.05, 4.69) is 0 Å². The molecule has 1 heterocycles. The fourth-order valence-electron chi connectivity index (χ4n) is 4.82. The van der Waals surface area contributed by atoms with Crippen LogP contribution in [-0.4, -0.2) is 60.6 Å². The van der Waals surface area contributed by atoms with Crippen molar-refractivity contribution in [2.24, 2.45) is 5.92 Å². The molecule has 0 spiro atoms. The van der Waals surface area contributed by atoms with E-state index in [0.29, 0.717) is 18.5 Å². The molecule has 0 aliphatic carbocycles. The van der Waals surface area contributed by atoms with Gasteiger partial charge >= 0.3 is 6.18 Å². The highest BCUT2D eigenvalue weighted by Crippen LogP contribution is 2.44. The number of ketones is 1. The molecule has 0 fully saturated rings. The Labute approximate surface area is 202 Å². The normalized spacial score (nSPS) is 18.7. The topological polar surface area (TPSA) is 57.5 Å². The molecule has 0 radical (unpaired) electrons. The molecule has 0 aromatic heterocycles. The minimum absolute atomic E-state index is 0.00580. The summed E-state index contributed by atoms with van der Waals surface area (Å²) in [7, 11) is 3.65. The number of rotatable bonds is 11. The summed E-state index contributed by atoms with van der Waals surface area (Å²) in [4.78, 5) is 12.4. The number of phenolic OH excluding ortho intramolecular Hbond substituents is 2. The summed E-state index contributed by atoms with van der Waals surface area (Å²) in [5, 5.41) is 19.5. The number of quaternary nitrogens is 1. The Hall–Kier alpha value is -2.18. The van der Waals surface area contributed by atoms with Crippen molar-refractivity contribution in [1.82, 2.24) is 4.48 Å². The number of fused-ring (bicyclic) bond motifs is 1. The third kappa shape index (κ3) is 9.04. The SMILES string of the molecule is C[N+]1(C)CC(CC(=O)CCCC(F)(F)CC(F)(F)CC(F)(F)CC(F)(F)F)Cc2cc(O)c(O)cc21. The third-order valence-electron chi connectivity index (χ3n) is 6.06. The first-order valence-electron chi connectivity index (χ1n) is 11.2. The third-order valence-corrected chi connectivity index (χ3v) is 6.06. The van der Waals surface area contributed by atoms with E-state index in [9.17, 15) is 54.5 Å². The molecule has 0 amide bonds. The highest BCUT2D eigenvalue weighted by Gasteiger charge is 2.53. The Balaban J connectivity index is 1.88. The van der Waals surface area contributed by atoms with Gasteiger partial charge in [0.1, 0.15) is 17.9 Å². The molecule has 1 aliphatic heterocycles. The summed E-state index contributed by atoms with van der Waals surface area (Å²) in [5.41, 5.74) is 1.45. The molecule has 1 aromatic carbocycles. The van der Waals surface area contributed by atoms with E-state index in [1.165, 1.54) is 12.1 Å². The lowest BCUT2D eigenvalue weighted by Gasteiger charge is -2.39. The van der Waals surface area contributed by atoms with Gasteiger partial charge in [-0.15, -0.1) is 0 Å². The number of hydrogen-bond acceptors (Lipinski definition) is 3. The first-order valence-corrected chi connectivity index (χ1v) is 11.2. The van der Waals surface area contributed by atoms with Gasteiger partial charge in [-0.3, -0.25) is 9.28 Å². The molecule has 2 rings (SSSR count). The minimum Gasteiger partial charge on any atom is -0.504 e. The van der Waals surface area contributed by atoms with Gasteiger partial charge in [0.05, 0.1) is 33.5 Å². The van der Waals surface area contributed by atoms with Crippen LogP contribution in [0.4, 0.5) is 45.2 Å². The van der Waals surface area contributed by atoms with E-state index in [4.69, 9.17) is 0 Å². The Morgan fingerprint density at radius 2 is 1.42 bits per heavy atom. The van der Waals surface area contributed by atoms with Gasteiger partial charge in [0.15, 0.2) is 11.5 Å². The minimum atomic E-state index is -5.43. The molecule has 0 saturated heterocycles. The summed E-state index contributed by atoms with van der Waals surface area (Å²) in [5.74, 6) is -15.0. The average molecular weight is 538 g/mol. The average Bonchev–Trinajstić information content (AvgIpc) is 2.58. The molecule has 206 valence electrons. The maximum Gasteiger partial charge on any atom is 0.394 e. The zero-order valence-corrected chi connectivity index (χ0v) is 19.7. The molecule has 0 saturated carbocycles. The van der Waals surface area contributed by atoms with Gasteiger partial charge in [0.25, 0.3) is 17.8 Å². The van der Waals surface area contributed by atoms with Crippen molar-refractivity contribution in [3.63, 3.8) is 0 Å². The van der Waals surface area contributed by atoms with Crippen LogP contribution < -0.4 is 4.48 Å². The van der Waals surface area contributed by atoms with E-state index in [0.717, 1.165) is 5.69 Å². The van der Waals surface area contributed by atoms with Crippen molar-refractivity contribution >= 4 is 11.5 Å². The number of carbonyl (C=O) groups excluding carboxylic acids is 1. The number of hydrogen-bond donors (Lipinski definition) is 2. The van der Waals surface area contributed by atoms with Crippen LogP contribution in [0, 0.1) is 5.92 Å². The molecule has 13 heteroatoms. The van der Waals surface area contributed by atoms with E-state index in [1.54, 1.807) is 0 Å². The molecule has 1 unspecified atom stereocenters. The predicted octanol–water partition coefficient (Wildman–Crippen LogP) is 6.61. The molecule has 4 nitrogen and oxygen atoms in total. The first-order chi connectivity index (χ1) is 16.1. The van der Waals surface area contributed by atoms with Crippen LogP contribution in [0.15, 0.2) is 12.1 Å². The molecule has 1 aliphatic rings. The van der Waals surface area contributed by atoms with E-state index in [1.807, 2.05) is 14.1 Å². The van der Waals surface area contributed by atoms with E-state index >= 15 is 0 Å². The fraction of sp³-hybridized carbons (Fsp3) is 0.696. The number of aromatic hydroxyl groups is 2. The van der Waals surface area contributed by atoms with Crippen molar-refractivity contribution in [3.8, 4) is 11.5 Å². The summed E-state index contributed by atoms with van der Waals surface area (Å²) in [6.45, 7) is 0.470. The molecule has 1 aromatic rings. The number of halogens is 9. The van der Waals surface area contributed by atoms with Crippen molar-refractivity contribution in [1.29, 1.82) is 0 Å². The van der Waals surface area contributed by atoms with Crippen LogP contribution in [0.5, 0.6) is 11.5 Å². The number of alkyl halides is 9. The highest BCUT2D eigenvalue weighted by atomic mass is 19.4. The quantitative estimate of drug-likeness (QED) is 0.190. The molecule has 36 heavy (non-hydrogen) atoms. The van der Waals surface area contributed by atoms with Crippen molar-refractivity contribution in [2.75, 3.05) is 20.6 Å². The second-order valence-corrected chi connectivity index (χ2v) is 10.2.